The number of hydrogen-bond acceptors (Lipinski definition) is 6. The van der Waals surface area contributed by atoms with Crippen LogP contribution in [0.3, 0.4) is 0 Å². The topological polar surface area (TPSA) is 55.4 Å². The number of hydrogen-bond donors (Lipinski definition) is 0. The maximum Gasteiger partial charge on any atom is 0.966 e. The molecule has 9 rings (SSSR count). The molecule has 0 radical (unpaired) electrons. The highest BCUT2D eigenvalue weighted by Gasteiger charge is 2.65. The van der Waals surface area contributed by atoms with Crippen molar-refractivity contribution in [2.45, 2.75) is 209 Å². The number of fused-ring (bicyclic) bond motifs is 3. The molecule has 404 valence electrons. The van der Waals surface area contributed by atoms with E-state index in [9.17, 15) is 0 Å². The van der Waals surface area contributed by atoms with E-state index in [4.69, 9.17) is 26.6 Å². The van der Waals surface area contributed by atoms with Crippen molar-refractivity contribution in [3.05, 3.63) is 142 Å². The van der Waals surface area contributed by atoms with Crippen LogP contribution in [0.2, 0.25) is 0 Å². The second-order valence-electron chi connectivity index (χ2n) is 30.3. The summed E-state index contributed by atoms with van der Waals surface area (Å²) in [6.45, 7) is 54.7. The molecule has 6 nitrogen and oxygen atoms in total. The van der Waals surface area contributed by atoms with E-state index in [0.717, 1.165) is 77.5 Å². The Balaban J connectivity index is 1.55. The van der Waals surface area contributed by atoms with Gasteiger partial charge in [0.15, 0.2) is 0 Å². The maximum absolute atomic E-state index is 8.19. The van der Waals surface area contributed by atoms with E-state index in [1.807, 2.05) is 0 Å². The van der Waals surface area contributed by atoms with E-state index < -0.39 is 39.3 Å². The normalized spacial score (nSPS) is 16.2. The van der Waals surface area contributed by atoms with Gasteiger partial charge in [-0.1, -0.05) is 239 Å². The average Bonchev–Trinajstić information content (AvgIpc) is 3.59. The minimum atomic E-state index is -4.67. The average molecular weight is 1060 g/mol. The summed E-state index contributed by atoms with van der Waals surface area (Å²) >= 11 is 0. The fourth-order valence-electron chi connectivity index (χ4n) is 10.9. The maximum atomic E-state index is 8.19. The lowest BCUT2D eigenvalue weighted by atomic mass is 9.74. The van der Waals surface area contributed by atoms with Crippen LogP contribution in [0.25, 0.3) is 22.3 Å². The largest absolute Gasteiger partial charge is 0.966 e. The second-order valence-corrected chi connectivity index (χ2v) is 34.9. The van der Waals surface area contributed by atoms with Gasteiger partial charge in [-0.25, -0.2) is 0 Å². The van der Waals surface area contributed by atoms with Gasteiger partial charge in [0.2, 0.25) is 0 Å². The molecule has 0 fully saturated rings. The molecule has 0 aromatic heterocycles. The van der Waals surface area contributed by atoms with Gasteiger partial charge in [0.05, 0.1) is 11.1 Å². The summed E-state index contributed by atoms with van der Waals surface area (Å²) in [6.07, 6.45) is 0. The SMILES string of the molecule is CC(C)(C)c1cc2c(c(C(C)(C)C)c1)O[Si]1(Oc3c-2cc(C(C)(C)C)cc3C(C)(C)C)Oc2c(C(C)(C)C)cc(C(C)(C)C)c3c2-c2c(c(C(C)(C)C)cc(C(C)(C)C)c2O[Si](c2ccccc2)(c2ccccc2)O3)O1. The Hall–Kier alpha value is -5.45. The Labute approximate surface area is 460 Å². The summed E-state index contributed by atoms with van der Waals surface area (Å²) in [5, 5.41) is 1.98. The van der Waals surface area contributed by atoms with E-state index in [0.29, 0.717) is 23.0 Å². The van der Waals surface area contributed by atoms with Gasteiger partial charge in [0.1, 0.15) is 34.5 Å². The molecule has 0 atom stereocenters. The fourth-order valence-corrected chi connectivity index (χ4v) is 16.1. The van der Waals surface area contributed by atoms with Crippen molar-refractivity contribution < 1.29 is 26.6 Å². The van der Waals surface area contributed by atoms with Gasteiger partial charge in [-0.05, 0) is 112 Å². The third kappa shape index (κ3) is 9.60. The van der Waals surface area contributed by atoms with Crippen molar-refractivity contribution >= 4 is 28.0 Å². The van der Waals surface area contributed by atoms with E-state index in [2.05, 4.69) is 263 Å². The molecule has 3 aliphatic rings. The quantitative estimate of drug-likeness (QED) is 0.161. The minimum absolute atomic E-state index is 0.184. The lowest BCUT2D eigenvalue weighted by molar-refractivity contribution is 0.161. The molecule has 0 aliphatic carbocycles. The zero-order chi connectivity index (χ0) is 56.1. The lowest BCUT2D eigenvalue weighted by Crippen LogP contribution is -2.68. The summed E-state index contributed by atoms with van der Waals surface area (Å²) in [5.74, 6) is 4.13. The summed E-state index contributed by atoms with van der Waals surface area (Å²) in [5.41, 5.74) is 9.33. The smallest absolute Gasteiger partial charge is 0.505 e. The summed E-state index contributed by atoms with van der Waals surface area (Å²) < 4.78 is 48.8. The molecule has 6 aromatic rings. The Morgan fingerprint density at radius 1 is 0.263 bits per heavy atom. The zero-order valence-electron chi connectivity index (χ0n) is 50.7. The Morgan fingerprint density at radius 3 is 0.776 bits per heavy atom. The third-order valence-corrected chi connectivity index (χ3v) is 20.5. The Morgan fingerprint density at radius 2 is 0.513 bits per heavy atom. The predicted molar refractivity (Wildman–Crippen MR) is 321 cm³/mol. The summed E-state index contributed by atoms with van der Waals surface area (Å²) in [6, 6.07) is 35.3. The van der Waals surface area contributed by atoms with Crippen molar-refractivity contribution in [2.24, 2.45) is 0 Å². The summed E-state index contributed by atoms with van der Waals surface area (Å²) in [4.78, 5) is 0. The van der Waals surface area contributed by atoms with Gasteiger partial charge in [-0.3, -0.25) is 0 Å². The number of benzene rings is 6. The molecule has 0 N–H and O–H groups in total. The molecule has 8 heteroatoms. The standard InChI is InChI=1S/C68H88O6Si2/c1-61(2,3)41-35-45-46-36-42(62(4,5)6)38-48(64(10,11)12)56(46)72-76(71-55(45)47(37-41)63(7,8)9)73-59-51(67(19,20)21)39-49(65(13,14)15)57-53(59)54-58(50(66(16,17)18)40-52(60(54)74-76)68(22,23)24)70-75(69-57,43-31-27-25-28-32-43)44-33-29-26-30-34-44/h25-40H,1-24H3. The van der Waals surface area contributed by atoms with Crippen LogP contribution in [0.15, 0.2) is 97.1 Å². The highest BCUT2D eigenvalue weighted by atomic mass is 28.4. The lowest BCUT2D eigenvalue weighted by Gasteiger charge is -2.37. The van der Waals surface area contributed by atoms with Gasteiger partial charge in [0, 0.05) is 21.5 Å². The van der Waals surface area contributed by atoms with Crippen LogP contribution < -0.4 is 36.9 Å². The monoisotopic (exact) mass is 1060 g/mol. The van der Waals surface area contributed by atoms with Crippen LogP contribution >= 0.6 is 0 Å². The fraction of sp³-hybridized carbons (Fsp3) is 0.471. The highest BCUT2D eigenvalue weighted by molar-refractivity contribution is 6.93. The molecular formula is C68H88O6Si2. The van der Waals surface area contributed by atoms with E-state index in [1.54, 1.807) is 0 Å². The van der Waals surface area contributed by atoms with Gasteiger partial charge in [-0.2, -0.15) is 0 Å². The minimum Gasteiger partial charge on any atom is -0.505 e. The molecule has 0 saturated carbocycles. The summed E-state index contributed by atoms with van der Waals surface area (Å²) in [7, 11) is -8.45. The molecule has 0 bridgehead atoms. The highest BCUT2D eigenvalue weighted by Crippen LogP contribution is 2.63. The molecule has 0 amide bonds. The first kappa shape index (κ1) is 55.3. The van der Waals surface area contributed by atoms with Gasteiger partial charge < -0.3 is 26.6 Å². The molecule has 3 heterocycles. The Bertz CT molecular complexity index is 3040. The Kier molecular flexibility index (Phi) is 12.8. The predicted octanol–water partition coefficient (Wildman–Crippen LogP) is 17.1. The second kappa shape index (κ2) is 17.5. The first-order valence-corrected chi connectivity index (χ1v) is 31.2. The van der Waals surface area contributed by atoms with Crippen molar-refractivity contribution in [1.29, 1.82) is 0 Å². The molecule has 1 spiro atoms. The van der Waals surface area contributed by atoms with Gasteiger partial charge in [0.25, 0.3) is 0 Å². The van der Waals surface area contributed by atoms with E-state index in [-0.39, 0.29) is 21.7 Å². The van der Waals surface area contributed by atoms with Crippen LogP contribution in [0, 0.1) is 0 Å². The zero-order valence-corrected chi connectivity index (χ0v) is 52.7. The molecular weight excluding hydrogens is 969 g/mol. The van der Waals surface area contributed by atoms with Crippen LogP contribution in [0.1, 0.15) is 211 Å². The molecule has 6 aromatic carbocycles. The van der Waals surface area contributed by atoms with Crippen molar-refractivity contribution in [3.63, 3.8) is 0 Å². The van der Waals surface area contributed by atoms with Crippen molar-refractivity contribution in [1.82, 2.24) is 0 Å². The third-order valence-electron chi connectivity index (χ3n) is 15.5. The first-order valence-electron chi connectivity index (χ1n) is 27.7. The van der Waals surface area contributed by atoms with E-state index in [1.165, 1.54) is 11.1 Å². The van der Waals surface area contributed by atoms with Crippen LogP contribution in [0.5, 0.6) is 34.5 Å². The van der Waals surface area contributed by atoms with Crippen LogP contribution in [-0.2, 0) is 43.3 Å². The molecule has 0 saturated heterocycles. The number of rotatable bonds is 2. The van der Waals surface area contributed by atoms with Crippen molar-refractivity contribution in [2.75, 3.05) is 0 Å². The van der Waals surface area contributed by atoms with Crippen molar-refractivity contribution in [3.8, 4) is 56.8 Å². The van der Waals surface area contributed by atoms with Gasteiger partial charge >= 0.3 is 17.6 Å². The van der Waals surface area contributed by atoms with Crippen LogP contribution in [0.4, 0.5) is 0 Å². The molecule has 3 aliphatic heterocycles. The first-order chi connectivity index (χ1) is 34.7. The van der Waals surface area contributed by atoms with Gasteiger partial charge in [-0.15, -0.1) is 0 Å². The molecule has 76 heavy (non-hydrogen) atoms. The van der Waals surface area contributed by atoms with Crippen LogP contribution in [-0.4, -0.2) is 17.6 Å². The molecule has 0 unspecified atom stereocenters. The van der Waals surface area contributed by atoms with E-state index >= 15 is 0 Å².